The van der Waals surface area contributed by atoms with E-state index in [0.717, 1.165) is 15.4 Å². The van der Waals surface area contributed by atoms with Crippen LogP contribution in [0.5, 0.6) is 0 Å². The molecule has 0 aliphatic carbocycles. The number of carbonyl (C=O) groups excluding carboxylic acids is 1. The largest absolute Gasteiger partial charge is 0.394 e. The molecule has 35 heavy (non-hydrogen) atoms. The molecule has 0 saturated carbocycles. The number of hydrogen-bond acceptors (Lipinski definition) is 4. The summed E-state index contributed by atoms with van der Waals surface area (Å²) >= 11 is 18.1. The second-order valence-corrected chi connectivity index (χ2v) is 8.50. The number of allylic oxidation sites excluding steroid dienone is 2. The molecule has 1 aromatic heterocycles. The summed E-state index contributed by atoms with van der Waals surface area (Å²) in [6, 6.07) is 10.0. The molecule has 0 aliphatic rings. The summed E-state index contributed by atoms with van der Waals surface area (Å²) in [5, 5.41) is 17.3. The van der Waals surface area contributed by atoms with E-state index in [-0.39, 0.29) is 15.9 Å². The molecular formula is C23H19Cl3F2N4O3. The van der Waals surface area contributed by atoms with Gasteiger partial charge in [0.1, 0.15) is 6.54 Å². The first-order valence-electron chi connectivity index (χ1n) is 10.1. The summed E-state index contributed by atoms with van der Waals surface area (Å²) in [5.41, 5.74) is -0.0666. The topological polar surface area (TPSA) is 89.2 Å². The molecule has 1 amide bonds. The maximum Gasteiger partial charge on any atom is 0.350 e. The lowest BCUT2D eigenvalue weighted by molar-refractivity contribution is -0.123. The lowest BCUT2D eigenvalue weighted by atomic mass is 10.1. The Bertz CT molecular complexity index is 1320. The molecule has 0 radical (unpaired) electrons. The lowest BCUT2D eigenvalue weighted by Gasteiger charge is -2.18. The normalized spacial score (nSPS) is 12.6. The molecule has 184 valence electrons. The third kappa shape index (κ3) is 6.37. The van der Waals surface area contributed by atoms with Crippen molar-refractivity contribution in [2.75, 3.05) is 6.61 Å². The number of nitrogens with zero attached hydrogens (tertiary/aromatic N) is 3. The lowest BCUT2D eigenvalue weighted by Crippen LogP contribution is -2.36. The first-order valence-corrected chi connectivity index (χ1v) is 11.2. The standard InChI is InChI=1S/C23H19Cl3F2N4O3/c1-2-23(27,28)10-11-31-21(14-6-8-15(24)9-7-14)30-32(22(31)35)12-19(34)29-18(13-33)16-4-3-5-17(25)20(16)26/h2-11,18,33H,1,12-13H2,(H,29,34). The van der Waals surface area contributed by atoms with E-state index in [9.17, 15) is 23.5 Å². The zero-order chi connectivity index (χ0) is 25.8. The Labute approximate surface area is 213 Å². The average molecular weight is 544 g/mol. The summed E-state index contributed by atoms with van der Waals surface area (Å²) in [7, 11) is 0. The van der Waals surface area contributed by atoms with Gasteiger partial charge >= 0.3 is 5.69 Å². The molecule has 0 aliphatic heterocycles. The van der Waals surface area contributed by atoms with Crippen LogP contribution in [0.4, 0.5) is 8.78 Å². The van der Waals surface area contributed by atoms with E-state index in [1.165, 1.54) is 0 Å². The van der Waals surface area contributed by atoms with Crippen LogP contribution < -0.4 is 11.0 Å². The van der Waals surface area contributed by atoms with Crippen LogP contribution in [0.3, 0.4) is 0 Å². The second kappa shape index (κ2) is 11.2. The van der Waals surface area contributed by atoms with Gasteiger partial charge in [-0.15, -0.1) is 5.10 Å². The average Bonchev–Trinajstić information content (AvgIpc) is 3.13. The smallest absolute Gasteiger partial charge is 0.350 e. The Morgan fingerprint density at radius 3 is 2.51 bits per heavy atom. The van der Waals surface area contributed by atoms with Crippen LogP contribution in [0, 0.1) is 0 Å². The van der Waals surface area contributed by atoms with E-state index < -0.39 is 36.7 Å². The van der Waals surface area contributed by atoms with Crippen LogP contribution >= 0.6 is 34.8 Å². The third-order valence-electron chi connectivity index (χ3n) is 4.86. The molecule has 2 N–H and O–H groups in total. The van der Waals surface area contributed by atoms with Gasteiger partial charge in [-0.1, -0.05) is 53.5 Å². The van der Waals surface area contributed by atoms with Crippen molar-refractivity contribution in [3.05, 3.63) is 92.3 Å². The van der Waals surface area contributed by atoms with Crippen molar-refractivity contribution in [1.82, 2.24) is 19.7 Å². The Kier molecular flexibility index (Phi) is 8.50. The van der Waals surface area contributed by atoms with Gasteiger partial charge < -0.3 is 10.4 Å². The molecule has 12 heteroatoms. The van der Waals surface area contributed by atoms with Gasteiger partial charge in [0.05, 0.1) is 22.7 Å². The number of aliphatic hydroxyl groups is 1. The van der Waals surface area contributed by atoms with Gasteiger partial charge in [0.15, 0.2) is 5.82 Å². The maximum absolute atomic E-state index is 13.7. The predicted molar refractivity (Wildman–Crippen MR) is 132 cm³/mol. The molecule has 0 saturated heterocycles. The summed E-state index contributed by atoms with van der Waals surface area (Å²) in [5.74, 6) is -4.05. The van der Waals surface area contributed by atoms with E-state index in [2.05, 4.69) is 17.0 Å². The molecule has 7 nitrogen and oxygen atoms in total. The number of amides is 1. The van der Waals surface area contributed by atoms with Gasteiger partial charge in [-0.3, -0.25) is 4.79 Å². The van der Waals surface area contributed by atoms with Gasteiger partial charge in [-0.25, -0.2) is 14.0 Å². The molecular weight excluding hydrogens is 525 g/mol. The number of hydrogen-bond donors (Lipinski definition) is 2. The van der Waals surface area contributed by atoms with Crippen molar-refractivity contribution < 1.29 is 18.7 Å². The number of aliphatic hydroxyl groups excluding tert-OH is 1. The molecule has 2 aromatic carbocycles. The predicted octanol–water partition coefficient (Wildman–Crippen LogP) is 4.81. The van der Waals surface area contributed by atoms with Crippen LogP contribution in [0.25, 0.3) is 17.6 Å². The van der Waals surface area contributed by atoms with Crippen molar-refractivity contribution in [1.29, 1.82) is 0 Å². The number of benzene rings is 2. The highest BCUT2D eigenvalue weighted by Gasteiger charge is 2.23. The molecule has 3 aromatic rings. The van der Waals surface area contributed by atoms with Gasteiger partial charge in [0, 0.05) is 22.9 Å². The second-order valence-electron chi connectivity index (χ2n) is 7.28. The molecule has 0 spiro atoms. The van der Waals surface area contributed by atoms with E-state index in [1.807, 2.05) is 0 Å². The minimum atomic E-state index is -3.37. The van der Waals surface area contributed by atoms with Crippen LogP contribution in [0.15, 0.2) is 66.0 Å². The number of carbonyl (C=O) groups is 1. The summed E-state index contributed by atoms with van der Waals surface area (Å²) in [4.78, 5) is 25.6. The molecule has 0 fully saturated rings. The Morgan fingerprint density at radius 2 is 1.89 bits per heavy atom. The Balaban J connectivity index is 1.94. The molecule has 0 bridgehead atoms. The van der Waals surface area contributed by atoms with Crippen molar-refractivity contribution in [2.24, 2.45) is 0 Å². The van der Waals surface area contributed by atoms with Gasteiger partial charge in [0.2, 0.25) is 5.91 Å². The maximum atomic E-state index is 13.7. The fraction of sp³-hybridized carbons (Fsp3) is 0.174. The van der Waals surface area contributed by atoms with E-state index >= 15 is 0 Å². The minimum absolute atomic E-state index is 0.00664. The highest BCUT2D eigenvalue weighted by atomic mass is 35.5. The number of nitrogens with one attached hydrogen (secondary N) is 1. The van der Waals surface area contributed by atoms with Crippen LogP contribution in [-0.4, -0.2) is 37.9 Å². The monoisotopic (exact) mass is 542 g/mol. The molecule has 1 atom stereocenters. The summed E-state index contributed by atoms with van der Waals surface area (Å²) in [6.45, 7) is 2.00. The molecule has 1 heterocycles. The fourth-order valence-corrected chi connectivity index (χ4v) is 3.65. The number of aromatic nitrogens is 3. The van der Waals surface area contributed by atoms with E-state index in [0.29, 0.717) is 28.3 Å². The van der Waals surface area contributed by atoms with Gasteiger partial charge in [-0.2, -0.15) is 8.78 Å². The molecule has 1 unspecified atom stereocenters. The Morgan fingerprint density at radius 1 is 1.20 bits per heavy atom. The first-order chi connectivity index (χ1) is 16.6. The third-order valence-corrected chi connectivity index (χ3v) is 5.94. The first kappa shape index (κ1) is 26.6. The van der Waals surface area contributed by atoms with Crippen molar-refractivity contribution in [3.8, 4) is 11.4 Å². The van der Waals surface area contributed by atoms with Gasteiger partial charge in [0.25, 0.3) is 5.92 Å². The van der Waals surface area contributed by atoms with Crippen molar-refractivity contribution in [3.63, 3.8) is 0 Å². The summed E-state index contributed by atoms with van der Waals surface area (Å²) in [6.07, 6.45) is 1.76. The Hall–Kier alpha value is -2.98. The van der Waals surface area contributed by atoms with Crippen LogP contribution in [0.1, 0.15) is 11.6 Å². The number of rotatable bonds is 9. The van der Waals surface area contributed by atoms with Crippen molar-refractivity contribution in [2.45, 2.75) is 18.5 Å². The van der Waals surface area contributed by atoms with Crippen molar-refractivity contribution >= 4 is 46.9 Å². The zero-order valence-corrected chi connectivity index (χ0v) is 20.2. The SMILES string of the molecule is C=CC(F)(F)C=Cn1c(-c2ccc(Cl)cc2)nn(CC(=O)NC(CO)c2cccc(Cl)c2Cl)c1=O. The zero-order valence-electron chi connectivity index (χ0n) is 18.0. The minimum Gasteiger partial charge on any atom is -0.394 e. The van der Waals surface area contributed by atoms with Crippen LogP contribution in [-0.2, 0) is 11.3 Å². The highest BCUT2D eigenvalue weighted by Crippen LogP contribution is 2.30. The molecule has 3 rings (SSSR count). The van der Waals surface area contributed by atoms with E-state index in [1.54, 1.807) is 42.5 Å². The fourth-order valence-electron chi connectivity index (χ4n) is 3.08. The quantitative estimate of drug-likeness (QED) is 0.379. The highest BCUT2D eigenvalue weighted by molar-refractivity contribution is 6.42. The van der Waals surface area contributed by atoms with Gasteiger partial charge in [-0.05, 0) is 42.0 Å². The summed E-state index contributed by atoms with van der Waals surface area (Å²) < 4.78 is 29.1. The number of alkyl halides is 2. The number of halogens is 5. The van der Waals surface area contributed by atoms with E-state index in [4.69, 9.17) is 34.8 Å². The van der Waals surface area contributed by atoms with Crippen LogP contribution in [0.2, 0.25) is 15.1 Å².